The second-order valence-electron chi connectivity index (χ2n) is 8.29. The number of anilines is 2. The number of thiazole rings is 1. The molecular weight excluding hydrogens is 521 g/mol. The van der Waals surface area contributed by atoms with E-state index in [1.807, 2.05) is 24.9 Å². The molecule has 1 aliphatic rings. The number of halogens is 1. The molecule has 9 nitrogen and oxygen atoms in total. The molecular formula is C23H22FN7O2S3. The molecule has 36 heavy (non-hydrogen) atoms. The summed E-state index contributed by atoms with van der Waals surface area (Å²) in [5, 5.41) is 15.9. The van der Waals surface area contributed by atoms with Gasteiger partial charge in [-0.05, 0) is 42.7 Å². The zero-order valence-corrected chi connectivity index (χ0v) is 22.2. The highest BCUT2D eigenvalue weighted by Crippen LogP contribution is 2.38. The number of nitrogens with zero attached hydrogens (tertiary/aromatic N) is 7. The Morgan fingerprint density at radius 1 is 1.22 bits per heavy atom. The third-order valence-corrected chi connectivity index (χ3v) is 9.23. The third kappa shape index (κ3) is 4.41. The van der Waals surface area contributed by atoms with E-state index in [-0.39, 0.29) is 5.82 Å². The van der Waals surface area contributed by atoms with E-state index in [9.17, 15) is 18.1 Å². The van der Waals surface area contributed by atoms with Crippen molar-refractivity contribution in [3.63, 3.8) is 0 Å². The highest BCUT2D eigenvalue weighted by molar-refractivity contribution is 7.88. The Morgan fingerprint density at radius 3 is 2.58 bits per heavy atom. The van der Waals surface area contributed by atoms with Gasteiger partial charge in [0.15, 0.2) is 10.9 Å². The van der Waals surface area contributed by atoms with Crippen LogP contribution >= 0.6 is 22.7 Å². The van der Waals surface area contributed by atoms with E-state index in [0.29, 0.717) is 47.2 Å². The summed E-state index contributed by atoms with van der Waals surface area (Å²) in [5.74, 6) is 0.406. The van der Waals surface area contributed by atoms with Gasteiger partial charge in [0.05, 0.1) is 11.9 Å². The molecule has 4 heterocycles. The number of aromatic nitrogens is 4. The molecule has 1 aromatic carbocycles. The van der Waals surface area contributed by atoms with Gasteiger partial charge in [-0.25, -0.2) is 22.8 Å². The summed E-state index contributed by atoms with van der Waals surface area (Å²) in [6.07, 6.45) is 4.38. The summed E-state index contributed by atoms with van der Waals surface area (Å²) < 4.78 is 40.3. The largest absolute Gasteiger partial charge is 0.304 e. The highest BCUT2D eigenvalue weighted by Gasteiger charge is 2.26. The van der Waals surface area contributed by atoms with E-state index in [1.165, 1.54) is 45.4 Å². The van der Waals surface area contributed by atoms with Crippen LogP contribution in [-0.4, -0.2) is 58.7 Å². The third-order valence-electron chi connectivity index (χ3n) is 5.94. The number of imidazole rings is 1. The van der Waals surface area contributed by atoms with Gasteiger partial charge < -0.3 is 4.90 Å². The van der Waals surface area contributed by atoms with Crippen molar-refractivity contribution in [1.29, 1.82) is 5.26 Å². The van der Waals surface area contributed by atoms with Gasteiger partial charge in [-0.1, -0.05) is 35.7 Å². The Hall–Kier alpha value is -3.18. The first-order valence-corrected chi connectivity index (χ1v) is 14.6. The fourth-order valence-electron chi connectivity index (χ4n) is 4.05. The van der Waals surface area contributed by atoms with E-state index >= 15 is 0 Å². The zero-order valence-electron chi connectivity index (χ0n) is 19.8. The second-order valence-corrected chi connectivity index (χ2v) is 12.2. The van der Waals surface area contributed by atoms with Crippen LogP contribution in [0.25, 0.3) is 21.8 Å². The van der Waals surface area contributed by atoms with Gasteiger partial charge in [-0.2, -0.15) is 19.2 Å². The highest BCUT2D eigenvalue weighted by atomic mass is 32.2. The lowest BCUT2D eigenvalue weighted by molar-refractivity contribution is 0.446. The van der Waals surface area contributed by atoms with Crippen LogP contribution in [0.1, 0.15) is 28.9 Å². The molecule has 4 aromatic rings. The van der Waals surface area contributed by atoms with E-state index < -0.39 is 10.0 Å². The van der Waals surface area contributed by atoms with Gasteiger partial charge in [0.2, 0.25) is 15.0 Å². The Balaban J connectivity index is 1.52. The van der Waals surface area contributed by atoms with Crippen molar-refractivity contribution in [1.82, 2.24) is 23.9 Å². The Kier molecular flexibility index (Phi) is 6.37. The molecule has 5 rings (SSSR count). The standard InChI is InChI=1S/C23H22FN7O2S3/c1-4-17-21(29(2)22-27-19(18(13-25)34-22)14-5-7-16(24)8-6-14)31-23(26-17)35-20(28-31)15-9-11-30(12-10-15)36(3,32)33/h5-9H,4,10-12H2,1-3H3. The molecule has 0 N–H and O–H groups in total. The average molecular weight is 544 g/mol. The quantitative estimate of drug-likeness (QED) is 0.357. The summed E-state index contributed by atoms with van der Waals surface area (Å²) >= 11 is 2.71. The van der Waals surface area contributed by atoms with Crippen LogP contribution < -0.4 is 4.90 Å². The molecule has 0 saturated carbocycles. The van der Waals surface area contributed by atoms with E-state index in [1.54, 1.807) is 16.6 Å². The molecule has 0 amide bonds. The van der Waals surface area contributed by atoms with Crippen molar-refractivity contribution in [2.24, 2.45) is 0 Å². The maximum Gasteiger partial charge on any atom is 0.214 e. The lowest BCUT2D eigenvalue weighted by atomic mass is 10.1. The minimum absolute atomic E-state index is 0.325. The summed E-state index contributed by atoms with van der Waals surface area (Å²) in [6.45, 7) is 2.76. The smallest absolute Gasteiger partial charge is 0.214 e. The Morgan fingerprint density at radius 2 is 1.97 bits per heavy atom. The fraction of sp³-hybridized carbons (Fsp3) is 0.304. The number of benzene rings is 1. The SMILES string of the molecule is CCc1nc2sc(C3=CCN(S(C)(=O)=O)CC3)nn2c1N(C)c1nc(-c2ccc(F)cc2)c(C#N)s1. The number of aryl methyl sites for hydroxylation is 1. The first-order chi connectivity index (χ1) is 17.2. The van der Waals surface area contributed by atoms with E-state index in [2.05, 4.69) is 6.07 Å². The number of rotatable bonds is 6. The van der Waals surface area contributed by atoms with E-state index in [0.717, 1.165) is 27.1 Å². The Bertz CT molecular complexity index is 1630. The van der Waals surface area contributed by atoms with E-state index in [4.69, 9.17) is 15.1 Å². The van der Waals surface area contributed by atoms with Crippen LogP contribution in [0.15, 0.2) is 30.3 Å². The summed E-state index contributed by atoms with van der Waals surface area (Å²) in [5.41, 5.74) is 3.02. The molecule has 0 spiro atoms. The minimum Gasteiger partial charge on any atom is -0.304 e. The summed E-state index contributed by atoms with van der Waals surface area (Å²) in [7, 11) is -1.37. The monoisotopic (exact) mass is 543 g/mol. The first kappa shape index (κ1) is 24.5. The normalized spacial score (nSPS) is 14.7. The van der Waals surface area contributed by atoms with Crippen LogP contribution in [0.3, 0.4) is 0 Å². The second kappa shape index (κ2) is 9.36. The molecule has 1 aliphatic heterocycles. The van der Waals surface area contributed by atoms with Crippen LogP contribution in [0.2, 0.25) is 0 Å². The van der Waals surface area contributed by atoms with Crippen molar-refractivity contribution in [2.45, 2.75) is 19.8 Å². The molecule has 0 radical (unpaired) electrons. The maximum absolute atomic E-state index is 13.4. The molecule has 0 fully saturated rings. The minimum atomic E-state index is -3.23. The maximum atomic E-state index is 13.4. The predicted octanol–water partition coefficient (Wildman–Crippen LogP) is 4.30. The van der Waals surface area contributed by atoms with Gasteiger partial charge in [-0.15, -0.1) is 0 Å². The van der Waals surface area contributed by atoms with Gasteiger partial charge in [0.25, 0.3) is 0 Å². The van der Waals surface area contributed by atoms with Gasteiger partial charge in [0, 0.05) is 25.7 Å². The fourth-order valence-corrected chi connectivity index (χ4v) is 6.65. The molecule has 13 heteroatoms. The molecule has 0 aliphatic carbocycles. The van der Waals surface area contributed by atoms with Crippen LogP contribution in [0.5, 0.6) is 0 Å². The van der Waals surface area contributed by atoms with Gasteiger partial charge in [-0.3, -0.25) is 0 Å². The molecule has 0 unspecified atom stereocenters. The number of fused-ring (bicyclic) bond motifs is 1. The number of hydrogen-bond acceptors (Lipinski definition) is 9. The molecule has 0 saturated heterocycles. The van der Waals surface area contributed by atoms with Crippen LogP contribution in [-0.2, 0) is 16.4 Å². The van der Waals surface area contributed by atoms with Crippen LogP contribution in [0, 0.1) is 17.1 Å². The summed E-state index contributed by atoms with van der Waals surface area (Å²) in [4.78, 5) is 12.5. The molecule has 0 bridgehead atoms. The van der Waals surface area contributed by atoms with Gasteiger partial charge in [0.1, 0.15) is 27.5 Å². The van der Waals surface area contributed by atoms with Crippen molar-refractivity contribution in [3.05, 3.63) is 51.7 Å². The van der Waals surface area contributed by atoms with Crippen LogP contribution in [0.4, 0.5) is 15.3 Å². The topological polar surface area (TPSA) is 107 Å². The predicted molar refractivity (Wildman–Crippen MR) is 140 cm³/mol. The Labute approximate surface area is 215 Å². The molecule has 0 atom stereocenters. The van der Waals surface area contributed by atoms with Crippen molar-refractivity contribution in [2.75, 3.05) is 31.3 Å². The lowest BCUT2D eigenvalue weighted by Crippen LogP contribution is -2.33. The van der Waals surface area contributed by atoms with Crippen molar-refractivity contribution in [3.8, 4) is 17.3 Å². The molecule has 3 aromatic heterocycles. The molecule has 186 valence electrons. The van der Waals surface area contributed by atoms with Gasteiger partial charge >= 0.3 is 0 Å². The first-order valence-electron chi connectivity index (χ1n) is 11.1. The summed E-state index contributed by atoms with van der Waals surface area (Å²) in [6, 6.07) is 8.12. The number of nitriles is 1. The zero-order chi connectivity index (χ0) is 25.6. The average Bonchev–Trinajstić information content (AvgIpc) is 3.56. The number of sulfonamides is 1. The number of hydrogen-bond donors (Lipinski definition) is 0. The van der Waals surface area contributed by atoms with Crippen molar-refractivity contribution < 1.29 is 12.8 Å². The van der Waals surface area contributed by atoms with Crippen molar-refractivity contribution >= 4 is 54.2 Å². The lowest BCUT2D eigenvalue weighted by Gasteiger charge is -2.23.